The third-order valence-corrected chi connectivity index (χ3v) is 12.2. The van der Waals surface area contributed by atoms with Crippen molar-refractivity contribution in [3.05, 3.63) is 170 Å². The van der Waals surface area contributed by atoms with E-state index in [0.717, 1.165) is 49.6 Å². The molecule has 0 spiro atoms. The van der Waals surface area contributed by atoms with Crippen LogP contribution in [0.15, 0.2) is 170 Å². The number of benzene rings is 9. The number of hydrogen-bond donors (Lipinski definition) is 0. The lowest BCUT2D eigenvalue weighted by atomic mass is 9.89. The van der Waals surface area contributed by atoms with E-state index in [1.165, 1.54) is 47.3 Å². The topological polar surface area (TPSA) is 41.9 Å². The second-order valence-corrected chi connectivity index (χ2v) is 15.0. The van der Waals surface area contributed by atoms with Crippen LogP contribution in [0.2, 0.25) is 0 Å². The van der Waals surface area contributed by atoms with Gasteiger partial charge in [0.1, 0.15) is 0 Å². The monoisotopic (exact) mass is 704 g/mol. The molecule has 11 aromatic rings. The quantitative estimate of drug-likeness (QED) is 0.172. The molecule has 4 nitrogen and oxygen atoms in total. The van der Waals surface area contributed by atoms with Crippen molar-refractivity contribution in [1.29, 1.82) is 0 Å². The first kappa shape index (κ1) is 29.6. The van der Waals surface area contributed by atoms with Crippen LogP contribution in [0.5, 0.6) is 0 Å². The van der Waals surface area contributed by atoms with Gasteiger partial charge < -0.3 is 0 Å². The summed E-state index contributed by atoms with van der Waals surface area (Å²) in [6.07, 6.45) is 0. The number of rotatable bonds is 3. The Labute approximate surface area is 314 Å². The summed E-state index contributed by atoms with van der Waals surface area (Å²) in [7, 11) is 0. The molecule has 0 unspecified atom stereocenters. The van der Waals surface area contributed by atoms with E-state index in [9.17, 15) is 0 Å². The van der Waals surface area contributed by atoms with E-state index in [-0.39, 0.29) is 0 Å². The highest BCUT2D eigenvalue weighted by Crippen LogP contribution is 2.53. The highest BCUT2D eigenvalue weighted by molar-refractivity contribution is 7.26. The molecule has 0 fully saturated rings. The maximum absolute atomic E-state index is 5.51. The molecule has 5 heteroatoms. The molecule has 0 saturated heterocycles. The molecule has 0 bridgehead atoms. The van der Waals surface area contributed by atoms with Crippen molar-refractivity contribution in [1.82, 2.24) is 15.0 Å². The standard InChI is InChI=1S/C49H28N4S/c1-4-17-33-29(12-1)26-27-38-37-21-9-14-30-15-10-24-42(44(30)37)53(45(33)38)49-51-47(40-23-11-22-39-36-20-7-8-25-43(36)54-46(39)40)50-48(52-49)41-28-31-13-2-3-16-32(31)34-18-5-6-19-35(34)41/h1-28H. The fraction of sp³-hybridized carbons (Fsp3) is 0. The molecule has 0 saturated carbocycles. The van der Waals surface area contributed by atoms with Crippen molar-refractivity contribution in [3.8, 4) is 33.9 Å². The van der Waals surface area contributed by atoms with Crippen molar-refractivity contribution in [2.24, 2.45) is 0 Å². The van der Waals surface area contributed by atoms with Gasteiger partial charge >= 0.3 is 0 Å². The molecule has 1 aliphatic heterocycles. The van der Waals surface area contributed by atoms with Crippen LogP contribution in [0.25, 0.3) is 97.2 Å². The lowest BCUT2D eigenvalue weighted by molar-refractivity contribution is 1.03. The third-order valence-electron chi connectivity index (χ3n) is 11.0. The number of anilines is 3. The minimum Gasteiger partial charge on any atom is -0.277 e. The summed E-state index contributed by atoms with van der Waals surface area (Å²) >= 11 is 1.79. The molecule has 54 heavy (non-hydrogen) atoms. The zero-order valence-corrected chi connectivity index (χ0v) is 29.7. The van der Waals surface area contributed by atoms with Crippen LogP contribution >= 0.6 is 11.3 Å². The highest BCUT2D eigenvalue weighted by Gasteiger charge is 2.31. The molecule has 250 valence electrons. The normalized spacial score (nSPS) is 12.4. The van der Waals surface area contributed by atoms with Gasteiger partial charge in [-0.3, -0.25) is 4.90 Å². The summed E-state index contributed by atoms with van der Waals surface area (Å²) in [4.78, 5) is 18.7. The fourth-order valence-corrected chi connectivity index (χ4v) is 9.85. The van der Waals surface area contributed by atoms with Gasteiger partial charge in [-0.05, 0) is 62.1 Å². The smallest absolute Gasteiger partial charge is 0.238 e. The van der Waals surface area contributed by atoms with Crippen LogP contribution in [0.3, 0.4) is 0 Å². The third kappa shape index (κ3) is 4.21. The van der Waals surface area contributed by atoms with Gasteiger partial charge in [0, 0.05) is 47.6 Å². The van der Waals surface area contributed by atoms with Crippen LogP contribution in [-0.4, -0.2) is 15.0 Å². The van der Waals surface area contributed by atoms with E-state index in [1.54, 1.807) is 11.3 Å². The van der Waals surface area contributed by atoms with E-state index >= 15 is 0 Å². The minimum atomic E-state index is 0.588. The van der Waals surface area contributed by atoms with Gasteiger partial charge in [-0.1, -0.05) is 146 Å². The van der Waals surface area contributed by atoms with E-state index < -0.39 is 0 Å². The van der Waals surface area contributed by atoms with Gasteiger partial charge in [0.15, 0.2) is 11.6 Å². The second kappa shape index (κ2) is 11.3. The SMILES string of the molecule is c1ccc2c3c(ccc2c1)-c1cccc2cccc(c12)N3c1nc(-c2cc3ccccc3c3ccccc23)nc(-c2cccc3c2sc2ccccc23)n1. The zero-order valence-electron chi connectivity index (χ0n) is 28.9. The van der Waals surface area contributed by atoms with Crippen molar-refractivity contribution < 1.29 is 0 Å². The molecule has 0 aliphatic carbocycles. The molecule has 12 rings (SSSR count). The van der Waals surface area contributed by atoms with E-state index in [2.05, 4.69) is 175 Å². The largest absolute Gasteiger partial charge is 0.277 e. The molecule has 0 radical (unpaired) electrons. The van der Waals surface area contributed by atoms with Gasteiger partial charge in [-0.2, -0.15) is 9.97 Å². The van der Waals surface area contributed by atoms with Gasteiger partial charge in [-0.15, -0.1) is 11.3 Å². The second-order valence-electron chi connectivity index (χ2n) is 14.0. The summed E-state index contributed by atoms with van der Waals surface area (Å²) in [5.41, 5.74) is 6.47. The summed E-state index contributed by atoms with van der Waals surface area (Å²) < 4.78 is 2.41. The number of nitrogens with zero attached hydrogens (tertiary/aromatic N) is 4. The Hall–Kier alpha value is -6.95. The Morgan fingerprint density at radius 3 is 1.89 bits per heavy atom. The van der Waals surface area contributed by atoms with E-state index in [4.69, 9.17) is 15.0 Å². The molecule has 9 aromatic carbocycles. The van der Waals surface area contributed by atoms with Gasteiger partial charge in [0.25, 0.3) is 0 Å². The van der Waals surface area contributed by atoms with Crippen molar-refractivity contribution in [2.45, 2.75) is 0 Å². The summed E-state index contributed by atoms with van der Waals surface area (Å²) in [6.45, 7) is 0. The van der Waals surface area contributed by atoms with Gasteiger partial charge in [0.05, 0.1) is 11.4 Å². The first-order valence-corrected chi connectivity index (χ1v) is 19.0. The molecular formula is C49H28N4S. The Morgan fingerprint density at radius 2 is 1.02 bits per heavy atom. The van der Waals surface area contributed by atoms with Crippen LogP contribution in [0.1, 0.15) is 0 Å². The molecule has 2 aromatic heterocycles. The first-order chi connectivity index (χ1) is 26.8. The average Bonchev–Trinajstić information content (AvgIpc) is 3.62. The van der Waals surface area contributed by atoms with Crippen LogP contribution < -0.4 is 4.90 Å². The van der Waals surface area contributed by atoms with E-state index in [0.29, 0.717) is 17.6 Å². The van der Waals surface area contributed by atoms with Crippen molar-refractivity contribution >= 4 is 91.9 Å². The molecule has 3 heterocycles. The maximum Gasteiger partial charge on any atom is 0.238 e. The molecule has 0 N–H and O–H groups in total. The molecule has 1 aliphatic rings. The van der Waals surface area contributed by atoms with Gasteiger partial charge in [-0.25, -0.2) is 4.98 Å². The average molecular weight is 705 g/mol. The van der Waals surface area contributed by atoms with Crippen LogP contribution in [0, 0.1) is 0 Å². The number of fused-ring (bicyclic) bond motifs is 10. The zero-order chi connectivity index (χ0) is 35.3. The molecular weight excluding hydrogens is 677 g/mol. The Morgan fingerprint density at radius 1 is 0.389 bits per heavy atom. The van der Waals surface area contributed by atoms with Gasteiger partial charge in [0.2, 0.25) is 5.95 Å². The summed E-state index contributed by atoms with van der Waals surface area (Å²) in [5.74, 6) is 1.88. The lowest BCUT2D eigenvalue weighted by Crippen LogP contribution is -2.19. The highest BCUT2D eigenvalue weighted by atomic mass is 32.1. The number of thiophene rings is 1. The van der Waals surface area contributed by atoms with Crippen LogP contribution in [-0.2, 0) is 0 Å². The minimum absolute atomic E-state index is 0.588. The number of hydrogen-bond acceptors (Lipinski definition) is 5. The summed E-state index contributed by atoms with van der Waals surface area (Å²) in [6, 6.07) is 60.8. The van der Waals surface area contributed by atoms with Crippen molar-refractivity contribution in [3.63, 3.8) is 0 Å². The maximum atomic E-state index is 5.51. The van der Waals surface area contributed by atoms with Crippen molar-refractivity contribution in [2.75, 3.05) is 4.90 Å². The van der Waals surface area contributed by atoms with Crippen LogP contribution in [0.4, 0.5) is 17.3 Å². The predicted octanol–water partition coefficient (Wildman–Crippen LogP) is 13.6. The molecule has 0 amide bonds. The Balaban J connectivity index is 1.22. The fourth-order valence-electron chi connectivity index (χ4n) is 8.64. The Bertz CT molecular complexity index is 3360. The lowest BCUT2D eigenvalue weighted by Gasteiger charge is -2.33. The number of aromatic nitrogens is 3. The van der Waals surface area contributed by atoms with E-state index in [1.807, 2.05) is 0 Å². The Kier molecular flexibility index (Phi) is 6.18. The first-order valence-electron chi connectivity index (χ1n) is 18.2. The molecule has 0 atom stereocenters. The predicted molar refractivity (Wildman–Crippen MR) is 227 cm³/mol. The summed E-state index contributed by atoms with van der Waals surface area (Å²) in [5, 5.41) is 11.8.